The first kappa shape index (κ1) is 24.6. The van der Waals surface area contributed by atoms with Gasteiger partial charge in [0.15, 0.2) is 0 Å². The SMILES string of the molecule is O=C(NCc1ccc(F)cc1)[C@@H](c1ccccc1)N(C[C@H]1CCCO1)C(=O)Cn1nnc2ccccc21. The maximum atomic E-state index is 13.8. The number of benzene rings is 3. The highest BCUT2D eigenvalue weighted by molar-refractivity contribution is 5.89. The normalized spacial score (nSPS) is 16.0. The van der Waals surface area contributed by atoms with Crippen LogP contribution in [-0.4, -0.2) is 51.0 Å². The molecule has 2 heterocycles. The molecule has 8 nitrogen and oxygen atoms in total. The monoisotopic (exact) mass is 501 g/mol. The summed E-state index contributed by atoms with van der Waals surface area (Å²) in [5.41, 5.74) is 2.88. The molecule has 4 aromatic rings. The van der Waals surface area contributed by atoms with Crippen molar-refractivity contribution in [3.63, 3.8) is 0 Å². The molecule has 0 saturated carbocycles. The van der Waals surface area contributed by atoms with Crippen LogP contribution in [0.15, 0.2) is 78.9 Å². The third kappa shape index (κ3) is 5.83. The van der Waals surface area contributed by atoms with Crippen LogP contribution in [0.1, 0.15) is 30.0 Å². The van der Waals surface area contributed by atoms with E-state index in [1.54, 1.807) is 21.7 Å². The highest BCUT2D eigenvalue weighted by Gasteiger charge is 2.34. The summed E-state index contributed by atoms with van der Waals surface area (Å²) in [6, 6.07) is 21.7. The predicted octanol–water partition coefficient (Wildman–Crippen LogP) is 3.64. The van der Waals surface area contributed by atoms with Crippen molar-refractivity contribution in [2.75, 3.05) is 13.2 Å². The Bertz CT molecular complexity index is 1350. The lowest BCUT2D eigenvalue weighted by Gasteiger charge is -2.33. The number of hydrogen-bond acceptors (Lipinski definition) is 5. The van der Waals surface area contributed by atoms with E-state index in [9.17, 15) is 14.0 Å². The lowest BCUT2D eigenvalue weighted by atomic mass is 10.0. The Labute approximate surface area is 214 Å². The Kier molecular flexibility index (Phi) is 7.51. The quantitative estimate of drug-likeness (QED) is 0.378. The Morgan fingerprint density at radius 3 is 2.57 bits per heavy atom. The number of ether oxygens (including phenoxy) is 1. The van der Waals surface area contributed by atoms with Gasteiger partial charge >= 0.3 is 0 Å². The van der Waals surface area contributed by atoms with Gasteiger partial charge in [-0.05, 0) is 48.2 Å². The average molecular weight is 502 g/mol. The topological polar surface area (TPSA) is 89.4 Å². The zero-order valence-corrected chi connectivity index (χ0v) is 20.3. The van der Waals surface area contributed by atoms with Crippen molar-refractivity contribution in [3.8, 4) is 0 Å². The average Bonchev–Trinajstić information content (AvgIpc) is 3.59. The molecule has 190 valence electrons. The fourth-order valence-electron chi connectivity index (χ4n) is 4.61. The molecule has 1 saturated heterocycles. The molecular formula is C28H28FN5O3. The zero-order valence-electron chi connectivity index (χ0n) is 20.3. The van der Waals surface area contributed by atoms with Crippen LogP contribution in [0.2, 0.25) is 0 Å². The van der Waals surface area contributed by atoms with Gasteiger partial charge in [-0.25, -0.2) is 9.07 Å². The highest BCUT2D eigenvalue weighted by Crippen LogP contribution is 2.25. The molecule has 2 atom stereocenters. The first-order chi connectivity index (χ1) is 18.1. The second kappa shape index (κ2) is 11.3. The fraction of sp³-hybridized carbons (Fsp3) is 0.286. The summed E-state index contributed by atoms with van der Waals surface area (Å²) in [6.45, 7) is 1.04. The van der Waals surface area contributed by atoms with E-state index in [1.165, 1.54) is 12.1 Å². The van der Waals surface area contributed by atoms with Crippen LogP contribution < -0.4 is 5.32 Å². The van der Waals surface area contributed by atoms with Crippen molar-refractivity contribution < 1.29 is 18.7 Å². The molecule has 5 rings (SSSR count). The van der Waals surface area contributed by atoms with Gasteiger partial charge in [0.2, 0.25) is 11.8 Å². The van der Waals surface area contributed by atoms with E-state index in [1.807, 2.05) is 54.6 Å². The number of nitrogens with one attached hydrogen (secondary N) is 1. The molecule has 0 radical (unpaired) electrons. The van der Waals surface area contributed by atoms with Gasteiger partial charge in [0.05, 0.1) is 11.6 Å². The highest BCUT2D eigenvalue weighted by atomic mass is 19.1. The Morgan fingerprint density at radius 1 is 1.05 bits per heavy atom. The number of halogens is 1. The first-order valence-corrected chi connectivity index (χ1v) is 12.3. The molecule has 37 heavy (non-hydrogen) atoms. The molecule has 1 aliphatic rings. The number of aromatic nitrogens is 3. The number of amides is 2. The zero-order chi connectivity index (χ0) is 25.6. The van der Waals surface area contributed by atoms with Crippen molar-refractivity contribution in [2.24, 2.45) is 0 Å². The van der Waals surface area contributed by atoms with Crippen LogP contribution in [0, 0.1) is 5.82 Å². The number of carbonyl (C=O) groups is 2. The molecule has 9 heteroatoms. The molecule has 0 unspecified atom stereocenters. The minimum absolute atomic E-state index is 0.0676. The van der Waals surface area contributed by atoms with Crippen LogP contribution >= 0.6 is 0 Å². The van der Waals surface area contributed by atoms with Crippen molar-refractivity contribution in [1.82, 2.24) is 25.2 Å². The largest absolute Gasteiger partial charge is 0.376 e. The summed E-state index contributed by atoms with van der Waals surface area (Å²) in [5, 5.41) is 11.3. The maximum absolute atomic E-state index is 13.8. The van der Waals surface area contributed by atoms with Crippen molar-refractivity contribution in [2.45, 2.75) is 38.1 Å². The van der Waals surface area contributed by atoms with Crippen molar-refractivity contribution in [1.29, 1.82) is 0 Å². The molecule has 1 fully saturated rings. The Morgan fingerprint density at radius 2 is 1.81 bits per heavy atom. The third-order valence-electron chi connectivity index (χ3n) is 6.51. The number of para-hydroxylation sites is 1. The van der Waals surface area contributed by atoms with E-state index in [-0.39, 0.29) is 43.4 Å². The minimum Gasteiger partial charge on any atom is -0.376 e. The first-order valence-electron chi connectivity index (χ1n) is 12.3. The van der Waals surface area contributed by atoms with Gasteiger partial charge in [-0.15, -0.1) is 5.10 Å². The second-order valence-electron chi connectivity index (χ2n) is 9.07. The number of rotatable bonds is 9. The standard InChI is InChI=1S/C28H28FN5O3/c29-22-14-12-20(13-15-22)17-30-28(36)27(21-7-2-1-3-8-21)33(18-23-9-6-16-37-23)26(35)19-34-25-11-5-4-10-24(25)31-32-34/h1-5,7-8,10-15,23,27H,6,9,16-19H2,(H,30,36)/t23-,27-/m1/s1. The second-order valence-corrected chi connectivity index (χ2v) is 9.07. The van der Waals surface area contributed by atoms with Crippen LogP contribution in [0.25, 0.3) is 11.0 Å². The van der Waals surface area contributed by atoms with Gasteiger partial charge in [-0.3, -0.25) is 9.59 Å². The van der Waals surface area contributed by atoms with E-state index in [4.69, 9.17) is 4.74 Å². The number of fused-ring (bicyclic) bond motifs is 1. The van der Waals surface area contributed by atoms with E-state index in [0.717, 1.165) is 23.9 Å². The van der Waals surface area contributed by atoms with Crippen LogP contribution in [0.4, 0.5) is 4.39 Å². The summed E-state index contributed by atoms with van der Waals surface area (Å²) in [4.78, 5) is 29.1. The summed E-state index contributed by atoms with van der Waals surface area (Å²) in [7, 11) is 0. The summed E-state index contributed by atoms with van der Waals surface area (Å²) >= 11 is 0. The molecule has 1 N–H and O–H groups in total. The fourth-order valence-corrected chi connectivity index (χ4v) is 4.61. The number of carbonyl (C=O) groups excluding carboxylic acids is 2. The van der Waals surface area contributed by atoms with Gasteiger partial charge < -0.3 is 15.0 Å². The molecule has 1 aromatic heterocycles. The van der Waals surface area contributed by atoms with Gasteiger partial charge in [0.25, 0.3) is 0 Å². The van der Waals surface area contributed by atoms with Crippen LogP contribution in [-0.2, 0) is 27.4 Å². The smallest absolute Gasteiger partial charge is 0.247 e. The van der Waals surface area contributed by atoms with Crippen molar-refractivity contribution in [3.05, 3.63) is 95.8 Å². The molecule has 1 aliphatic heterocycles. The van der Waals surface area contributed by atoms with Gasteiger partial charge in [0.1, 0.15) is 23.9 Å². The molecule has 0 bridgehead atoms. The molecule has 3 aromatic carbocycles. The van der Waals surface area contributed by atoms with E-state index in [0.29, 0.717) is 17.7 Å². The maximum Gasteiger partial charge on any atom is 0.247 e. The Balaban J connectivity index is 1.44. The Hall–Kier alpha value is -4.11. The van der Waals surface area contributed by atoms with Gasteiger partial charge in [0, 0.05) is 19.7 Å². The third-order valence-corrected chi connectivity index (χ3v) is 6.51. The van der Waals surface area contributed by atoms with Gasteiger partial charge in [-0.2, -0.15) is 0 Å². The summed E-state index contributed by atoms with van der Waals surface area (Å²) in [6.07, 6.45) is 1.56. The molecule has 0 spiro atoms. The lowest BCUT2D eigenvalue weighted by Crippen LogP contribution is -2.47. The lowest BCUT2D eigenvalue weighted by molar-refractivity contribution is -0.143. The van der Waals surface area contributed by atoms with Crippen molar-refractivity contribution >= 4 is 22.8 Å². The summed E-state index contributed by atoms with van der Waals surface area (Å²) < 4.78 is 20.7. The van der Waals surface area contributed by atoms with Crippen LogP contribution in [0.3, 0.4) is 0 Å². The van der Waals surface area contributed by atoms with E-state index < -0.39 is 6.04 Å². The van der Waals surface area contributed by atoms with Gasteiger partial charge in [-0.1, -0.05) is 59.8 Å². The predicted molar refractivity (Wildman–Crippen MR) is 136 cm³/mol. The van der Waals surface area contributed by atoms with E-state index in [2.05, 4.69) is 15.6 Å². The molecule has 2 amide bonds. The number of hydrogen-bond donors (Lipinski definition) is 1. The van der Waals surface area contributed by atoms with E-state index >= 15 is 0 Å². The van der Waals surface area contributed by atoms with Crippen LogP contribution in [0.5, 0.6) is 0 Å². The molecule has 0 aliphatic carbocycles. The summed E-state index contributed by atoms with van der Waals surface area (Å²) in [5.74, 6) is -0.937. The minimum atomic E-state index is -0.881. The number of nitrogens with zero attached hydrogens (tertiary/aromatic N) is 4. The molecular weight excluding hydrogens is 473 g/mol.